The van der Waals surface area contributed by atoms with Crippen LogP contribution in [0.15, 0.2) is 66.7 Å². The van der Waals surface area contributed by atoms with Crippen molar-refractivity contribution >= 4 is 27.3 Å². The van der Waals surface area contributed by atoms with Crippen molar-refractivity contribution in [2.24, 2.45) is 0 Å². The quantitative estimate of drug-likeness (QED) is 0.624. The number of hydrogen-bond donors (Lipinski definition) is 1. The monoisotopic (exact) mass is 433 g/mol. The van der Waals surface area contributed by atoms with Crippen molar-refractivity contribution in [2.45, 2.75) is 20.4 Å². The van der Waals surface area contributed by atoms with E-state index in [1.807, 2.05) is 32.0 Å². The summed E-state index contributed by atoms with van der Waals surface area (Å²) in [6.45, 7) is 4.04. The molecule has 0 unspecified atom stereocenters. The van der Waals surface area contributed by atoms with Gasteiger partial charge in [0, 0.05) is 5.69 Å². The Morgan fingerprint density at radius 1 is 1.00 bits per heavy atom. The Hall–Kier alpha value is -3.63. The standard InChI is InChI=1S/C24H23N3O3S/c1-17-11-12-22(13-18(17)2)27(31(3,29)30)16-19-7-6-9-21(14-19)26-24(28)23-10-5-4-8-20(23)15-25/h4-14H,16H2,1-3H3,(H,26,28). The number of amides is 1. The Balaban J connectivity index is 1.87. The van der Waals surface area contributed by atoms with Crippen molar-refractivity contribution in [1.82, 2.24) is 0 Å². The van der Waals surface area contributed by atoms with Crippen molar-refractivity contribution in [1.29, 1.82) is 5.26 Å². The van der Waals surface area contributed by atoms with Gasteiger partial charge in [0.25, 0.3) is 5.91 Å². The molecule has 6 nitrogen and oxygen atoms in total. The maximum absolute atomic E-state index is 12.6. The molecule has 0 radical (unpaired) electrons. The largest absolute Gasteiger partial charge is 0.322 e. The number of nitrogens with zero attached hydrogens (tertiary/aromatic N) is 2. The van der Waals surface area contributed by atoms with E-state index in [0.29, 0.717) is 11.4 Å². The minimum Gasteiger partial charge on any atom is -0.322 e. The van der Waals surface area contributed by atoms with Crippen LogP contribution in [-0.2, 0) is 16.6 Å². The summed E-state index contributed by atoms with van der Waals surface area (Å²) >= 11 is 0. The lowest BCUT2D eigenvalue weighted by Crippen LogP contribution is -2.29. The van der Waals surface area contributed by atoms with Crippen LogP contribution in [0.4, 0.5) is 11.4 Å². The highest BCUT2D eigenvalue weighted by molar-refractivity contribution is 7.92. The normalized spacial score (nSPS) is 10.9. The molecule has 0 heterocycles. The van der Waals surface area contributed by atoms with E-state index in [1.165, 1.54) is 10.6 Å². The highest BCUT2D eigenvalue weighted by atomic mass is 32.2. The van der Waals surface area contributed by atoms with Gasteiger partial charge in [-0.1, -0.05) is 30.3 Å². The van der Waals surface area contributed by atoms with E-state index < -0.39 is 15.9 Å². The molecule has 0 saturated carbocycles. The summed E-state index contributed by atoms with van der Waals surface area (Å²) in [6.07, 6.45) is 1.17. The van der Waals surface area contributed by atoms with Crippen LogP contribution in [0.25, 0.3) is 0 Å². The predicted octanol–water partition coefficient (Wildman–Crippen LogP) is 4.39. The molecule has 0 atom stereocenters. The average Bonchev–Trinajstić information content (AvgIpc) is 2.73. The van der Waals surface area contributed by atoms with Crippen LogP contribution in [0.2, 0.25) is 0 Å². The molecule has 0 fully saturated rings. The van der Waals surface area contributed by atoms with Crippen LogP contribution in [-0.4, -0.2) is 20.6 Å². The second kappa shape index (κ2) is 9.02. The number of anilines is 2. The minimum atomic E-state index is -3.52. The molecule has 3 aromatic rings. The van der Waals surface area contributed by atoms with Gasteiger partial charge in [0.1, 0.15) is 0 Å². The highest BCUT2D eigenvalue weighted by Crippen LogP contribution is 2.24. The maximum atomic E-state index is 12.6. The van der Waals surface area contributed by atoms with Crippen molar-refractivity contribution in [3.8, 4) is 6.07 Å². The Morgan fingerprint density at radius 2 is 1.74 bits per heavy atom. The number of benzene rings is 3. The molecule has 1 N–H and O–H groups in total. The van der Waals surface area contributed by atoms with Crippen LogP contribution >= 0.6 is 0 Å². The molecule has 3 aromatic carbocycles. The van der Waals surface area contributed by atoms with Gasteiger partial charge in [-0.15, -0.1) is 0 Å². The maximum Gasteiger partial charge on any atom is 0.257 e. The van der Waals surface area contributed by atoms with Crippen LogP contribution in [0, 0.1) is 25.2 Å². The van der Waals surface area contributed by atoms with Crippen molar-refractivity contribution in [2.75, 3.05) is 15.9 Å². The zero-order chi connectivity index (χ0) is 22.6. The molecule has 0 spiro atoms. The van der Waals surface area contributed by atoms with Gasteiger partial charge in [0.2, 0.25) is 10.0 Å². The molecular formula is C24H23N3O3S. The Bertz CT molecular complexity index is 1280. The second-order valence-electron chi connectivity index (χ2n) is 7.35. The SMILES string of the molecule is Cc1ccc(N(Cc2cccc(NC(=O)c3ccccc3C#N)c2)S(C)(=O)=O)cc1C. The predicted molar refractivity (Wildman–Crippen MR) is 122 cm³/mol. The smallest absolute Gasteiger partial charge is 0.257 e. The third kappa shape index (κ3) is 5.30. The number of rotatable bonds is 6. The molecule has 31 heavy (non-hydrogen) atoms. The molecule has 0 saturated heterocycles. The average molecular weight is 434 g/mol. The summed E-state index contributed by atoms with van der Waals surface area (Å²) < 4.78 is 26.3. The molecule has 0 aliphatic carbocycles. The fourth-order valence-electron chi connectivity index (χ4n) is 3.17. The van der Waals surface area contributed by atoms with Crippen molar-refractivity contribution in [3.63, 3.8) is 0 Å². The molecule has 0 bridgehead atoms. The first-order valence-electron chi connectivity index (χ1n) is 9.63. The number of aryl methyl sites for hydroxylation is 2. The minimum absolute atomic E-state index is 0.125. The van der Waals surface area contributed by atoms with Gasteiger partial charge in [0.15, 0.2) is 0 Å². The third-order valence-electron chi connectivity index (χ3n) is 4.98. The highest BCUT2D eigenvalue weighted by Gasteiger charge is 2.19. The van der Waals surface area contributed by atoms with E-state index in [9.17, 15) is 18.5 Å². The first-order valence-corrected chi connectivity index (χ1v) is 11.5. The zero-order valence-corrected chi connectivity index (χ0v) is 18.4. The fourth-order valence-corrected chi connectivity index (χ4v) is 4.05. The third-order valence-corrected chi connectivity index (χ3v) is 6.12. The molecule has 0 aliphatic rings. The topological polar surface area (TPSA) is 90.3 Å². The molecule has 0 aliphatic heterocycles. The Kier molecular flexibility index (Phi) is 6.42. The number of carbonyl (C=O) groups is 1. The summed E-state index contributed by atoms with van der Waals surface area (Å²) in [5.41, 5.74) is 4.47. The van der Waals surface area contributed by atoms with Gasteiger partial charge in [-0.2, -0.15) is 5.26 Å². The summed E-state index contributed by atoms with van der Waals surface area (Å²) in [5.74, 6) is -0.400. The van der Waals surface area contributed by atoms with E-state index in [4.69, 9.17) is 0 Å². The number of nitriles is 1. The molecule has 1 amide bonds. The van der Waals surface area contributed by atoms with Crippen LogP contribution in [0.5, 0.6) is 0 Å². The van der Waals surface area contributed by atoms with Gasteiger partial charge in [-0.25, -0.2) is 8.42 Å². The van der Waals surface area contributed by atoms with E-state index in [2.05, 4.69) is 5.32 Å². The number of sulfonamides is 1. The van der Waals surface area contributed by atoms with E-state index in [1.54, 1.807) is 54.6 Å². The lowest BCUT2D eigenvalue weighted by atomic mass is 10.1. The first kappa shape index (κ1) is 22.1. The van der Waals surface area contributed by atoms with Crippen LogP contribution in [0.3, 0.4) is 0 Å². The first-order chi connectivity index (χ1) is 14.7. The molecular weight excluding hydrogens is 410 g/mol. The lowest BCUT2D eigenvalue weighted by molar-refractivity contribution is 0.102. The molecule has 7 heteroatoms. The van der Waals surface area contributed by atoms with Gasteiger partial charge in [-0.05, 0) is 66.9 Å². The van der Waals surface area contributed by atoms with Crippen LogP contribution < -0.4 is 9.62 Å². The van der Waals surface area contributed by atoms with Gasteiger partial charge in [0.05, 0.1) is 35.7 Å². The number of carbonyl (C=O) groups excluding carboxylic acids is 1. The fraction of sp³-hybridized carbons (Fsp3) is 0.167. The van der Waals surface area contributed by atoms with Gasteiger partial charge >= 0.3 is 0 Å². The zero-order valence-electron chi connectivity index (χ0n) is 17.6. The summed E-state index contributed by atoms with van der Waals surface area (Å²) in [6, 6.07) is 21.1. The second-order valence-corrected chi connectivity index (χ2v) is 9.26. The van der Waals surface area contributed by atoms with E-state index >= 15 is 0 Å². The summed E-state index contributed by atoms with van der Waals surface area (Å²) in [5, 5.41) is 12.0. The molecule has 0 aromatic heterocycles. The Morgan fingerprint density at radius 3 is 2.42 bits per heavy atom. The summed E-state index contributed by atoms with van der Waals surface area (Å²) in [4.78, 5) is 12.6. The summed E-state index contributed by atoms with van der Waals surface area (Å²) in [7, 11) is -3.52. The molecule has 3 rings (SSSR count). The molecule has 158 valence electrons. The Labute approximate surface area is 182 Å². The van der Waals surface area contributed by atoms with Gasteiger partial charge < -0.3 is 5.32 Å². The van der Waals surface area contributed by atoms with Gasteiger partial charge in [-0.3, -0.25) is 9.10 Å². The van der Waals surface area contributed by atoms with Crippen molar-refractivity contribution in [3.05, 3.63) is 94.5 Å². The van der Waals surface area contributed by atoms with Crippen molar-refractivity contribution < 1.29 is 13.2 Å². The lowest BCUT2D eigenvalue weighted by Gasteiger charge is -2.23. The van der Waals surface area contributed by atoms with E-state index in [0.717, 1.165) is 16.7 Å². The van der Waals surface area contributed by atoms with Crippen LogP contribution in [0.1, 0.15) is 32.6 Å². The van der Waals surface area contributed by atoms with E-state index in [-0.39, 0.29) is 17.7 Å². The number of hydrogen-bond acceptors (Lipinski definition) is 4. The number of nitrogens with one attached hydrogen (secondary N) is 1.